The minimum atomic E-state index is -1.16. The maximum Gasteiger partial charge on any atom is 0.139 e. The van der Waals surface area contributed by atoms with E-state index in [0.29, 0.717) is 19.6 Å². The summed E-state index contributed by atoms with van der Waals surface area (Å²) in [5, 5.41) is 29.4. The van der Waals surface area contributed by atoms with E-state index in [0.717, 1.165) is 16.0 Å². The molecule has 0 aromatic heterocycles. The van der Waals surface area contributed by atoms with Crippen LogP contribution in [0.15, 0.2) is 60.7 Å². The Bertz CT molecular complexity index is 631. The van der Waals surface area contributed by atoms with Crippen molar-refractivity contribution in [3.8, 4) is 11.8 Å². The SMILES string of the molecule is OCC[NH+](CC#CCC(O)(c1ccccc1)c1ccccc1)CCO. The molecule has 0 aliphatic rings. The number of aliphatic hydroxyl groups is 3. The first-order valence-electron chi connectivity index (χ1n) is 8.55. The molecule has 25 heavy (non-hydrogen) atoms. The van der Waals surface area contributed by atoms with Crippen molar-refractivity contribution in [2.45, 2.75) is 12.0 Å². The topological polar surface area (TPSA) is 65.1 Å². The van der Waals surface area contributed by atoms with E-state index in [-0.39, 0.29) is 19.6 Å². The Morgan fingerprint density at radius 1 is 0.760 bits per heavy atom. The molecule has 2 rings (SSSR count). The molecule has 0 amide bonds. The van der Waals surface area contributed by atoms with Crippen LogP contribution < -0.4 is 4.90 Å². The fourth-order valence-corrected chi connectivity index (χ4v) is 2.79. The smallest absolute Gasteiger partial charge is 0.139 e. The van der Waals surface area contributed by atoms with Crippen LogP contribution in [0.5, 0.6) is 0 Å². The molecular formula is C21H26NO3+. The predicted octanol–water partition coefficient (Wildman–Crippen LogP) is 0.186. The van der Waals surface area contributed by atoms with Crippen LogP contribution in [0.2, 0.25) is 0 Å². The second-order valence-electron chi connectivity index (χ2n) is 6.00. The lowest BCUT2D eigenvalue weighted by atomic mass is 9.84. The van der Waals surface area contributed by atoms with Crippen molar-refractivity contribution in [2.24, 2.45) is 0 Å². The molecule has 4 N–H and O–H groups in total. The first kappa shape index (κ1) is 19.2. The summed E-state index contributed by atoms with van der Waals surface area (Å²) in [5.41, 5.74) is 0.458. The first-order valence-corrected chi connectivity index (χ1v) is 8.55. The van der Waals surface area contributed by atoms with Crippen molar-refractivity contribution in [3.63, 3.8) is 0 Å². The molecule has 4 heteroatoms. The average molecular weight is 340 g/mol. The zero-order chi connectivity index (χ0) is 18.0. The largest absolute Gasteiger partial charge is 0.391 e. The minimum Gasteiger partial charge on any atom is -0.391 e. The van der Waals surface area contributed by atoms with Gasteiger partial charge < -0.3 is 20.2 Å². The summed E-state index contributed by atoms with van der Waals surface area (Å²) < 4.78 is 0. The third-order valence-corrected chi connectivity index (χ3v) is 4.24. The molecule has 0 atom stereocenters. The lowest BCUT2D eigenvalue weighted by Gasteiger charge is -2.27. The summed E-state index contributed by atoms with van der Waals surface area (Å²) in [6.07, 6.45) is 0.284. The van der Waals surface area contributed by atoms with Crippen LogP contribution in [-0.4, -0.2) is 48.2 Å². The lowest BCUT2D eigenvalue weighted by Crippen LogP contribution is -3.12. The molecule has 0 saturated carbocycles. The predicted molar refractivity (Wildman–Crippen MR) is 98.0 cm³/mol. The van der Waals surface area contributed by atoms with Crippen molar-refractivity contribution in [2.75, 3.05) is 32.8 Å². The molecule has 0 aliphatic carbocycles. The highest BCUT2D eigenvalue weighted by Gasteiger charge is 2.30. The van der Waals surface area contributed by atoms with Gasteiger partial charge in [0.05, 0.1) is 13.2 Å². The van der Waals surface area contributed by atoms with Gasteiger partial charge in [0.15, 0.2) is 0 Å². The maximum atomic E-state index is 11.3. The quantitative estimate of drug-likeness (QED) is 0.519. The van der Waals surface area contributed by atoms with Crippen molar-refractivity contribution >= 4 is 0 Å². The van der Waals surface area contributed by atoms with Gasteiger partial charge in [-0.05, 0) is 17.0 Å². The molecule has 0 bridgehead atoms. The third kappa shape index (κ3) is 5.42. The van der Waals surface area contributed by atoms with Gasteiger partial charge in [-0.3, -0.25) is 0 Å². The number of benzene rings is 2. The summed E-state index contributed by atoms with van der Waals surface area (Å²) in [7, 11) is 0. The molecule has 4 nitrogen and oxygen atoms in total. The molecule has 0 spiro atoms. The van der Waals surface area contributed by atoms with E-state index in [9.17, 15) is 5.11 Å². The number of hydrogen-bond acceptors (Lipinski definition) is 3. The van der Waals surface area contributed by atoms with Crippen molar-refractivity contribution in [3.05, 3.63) is 71.8 Å². The Morgan fingerprint density at radius 2 is 1.24 bits per heavy atom. The van der Waals surface area contributed by atoms with Gasteiger partial charge in [0.1, 0.15) is 25.2 Å². The molecule has 2 aromatic carbocycles. The van der Waals surface area contributed by atoms with Gasteiger partial charge in [0, 0.05) is 6.42 Å². The van der Waals surface area contributed by atoms with Gasteiger partial charge in [0.25, 0.3) is 0 Å². The fourth-order valence-electron chi connectivity index (χ4n) is 2.79. The molecule has 0 radical (unpaired) electrons. The van der Waals surface area contributed by atoms with Crippen molar-refractivity contribution in [1.82, 2.24) is 0 Å². The summed E-state index contributed by atoms with van der Waals surface area (Å²) in [6, 6.07) is 19.1. The summed E-state index contributed by atoms with van der Waals surface area (Å²) in [4.78, 5) is 1.03. The molecule has 0 aliphatic heterocycles. The van der Waals surface area contributed by atoms with E-state index in [1.165, 1.54) is 0 Å². The summed E-state index contributed by atoms with van der Waals surface area (Å²) in [5.74, 6) is 6.17. The third-order valence-electron chi connectivity index (χ3n) is 4.24. The Labute approximate surface area is 149 Å². The molecule has 0 saturated heterocycles. The maximum absolute atomic E-state index is 11.3. The minimum absolute atomic E-state index is 0.0645. The molecule has 132 valence electrons. The van der Waals surface area contributed by atoms with Crippen LogP contribution >= 0.6 is 0 Å². The Kier molecular flexibility index (Phi) is 7.65. The lowest BCUT2D eigenvalue weighted by molar-refractivity contribution is -0.893. The van der Waals surface area contributed by atoms with Gasteiger partial charge in [0.2, 0.25) is 0 Å². The van der Waals surface area contributed by atoms with Crippen LogP contribution in [0.3, 0.4) is 0 Å². The average Bonchev–Trinajstić information content (AvgIpc) is 2.67. The van der Waals surface area contributed by atoms with E-state index in [2.05, 4.69) is 11.8 Å². The van der Waals surface area contributed by atoms with Crippen LogP contribution in [0.25, 0.3) is 0 Å². The zero-order valence-corrected chi connectivity index (χ0v) is 14.4. The van der Waals surface area contributed by atoms with Crippen LogP contribution in [0, 0.1) is 11.8 Å². The van der Waals surface area contributed by atoms with E-state index in [1.54, 1.807) is 0 Å². The van der Waals surface area contributed by atoms with E-state index < -0.39 is 5.60 Å². The van der Waals surface area contributed by atoms with Gasteiger partial charge in [-0.25, -0.2) is 0 Å². The van der Waals surface area contributed by atoms with E-state index in [4.69, 9.17) is 10.2 Å². The summed E-state index contributed by atoms with van der Waals surface area (Å²) in [6.45, 7) is 1.76. The van der Waals surface area contributed by atoms with E-state index >= 15 is 0 Å². The summed E-state index contributed by atoms with van der Waals surface area (Å²) >= 11 is 0. The molecule has 2 aromatic rings. The van der Waals surface area contributed by atoms with Gasteiger partial charge in [-0.2, -0.15) is 0 Å². The fraction of sp³-hybridized carbons (Fsp3) is 0.333. The highest BCUT2D eigenvalue weighted by atomic mass is 16.3. The van der Waals surface area contributed by atoms with Gasteiger partial charge >= 0.3 is 0 Å². The van der Waals surface area contributed by atoms with Gasteiger partial charge in [-0.1, -0.05) is 66.6 Å². The molecular weight excluding hydrogens is 314 g/mol. The van der Waals surface area contributed by atoms with Crippen LogP contribution in [0.4, 0.5) is 0 Å². The van der Waals surface area contributed by atoms with Crippen molar-refractivity contribution < 1.29 is 20.2 Å². The monoisotopic (exact) mass is 340 g/mol. The Morgan fingerprint density at radius 3 is 1.68 bits per heavy atom. The van der Waals surface area contributed by atoms with Crippen LogP contribution in [-0.2, 0) is 5.60 Å². The van der Waals surface area contributed by atoms with Crippen molar-refractivity contribution in [1.29, 1.82) is 0 Å². The van der Waals surface area contributed by atoms with Gasteiger partial charge in [-0.15, -0.1) is 0 Å². The highest BCUT2D eigenvalue weighted by Crippen LogP contribution is 2.32. The van der Waals surface area contributed by atoms with Crippen LogP contribution in [0.1, 0.15) is 17.5 Å². The second-order valence-corrected chi connectivity index (χ2v) is 6.00. The molecule has 0 unspecified atom stereocenters. The number of quaternary nitrogens is 1. The highest BCUT2D eigenvalue weighted by molar-refractivity contribution is 5.37. The number of hydrogen-bond donors (Lipinski definition) is 4. The normalized spacial score (nSPS) is 11.2. The number of aliphatic hydroxyl groups excluding tert-OH is 2. The zero-order valence-electron chi connectivity index (χ0n) is 14.4. The standard InChI is InChI=1S/C21H25NO3/c23-17-15-22(16-18-24)14-8-7-13-21(25,19-9-3-1-4-10-19)20-11-5-2-6-12-20/h1-6,9-12,23-25H,13-18H2/p+1. The number of rotatable bonds is 8. The molecule has 0 fully saturated rings. The Balaban J connectivity index is 2.17. The van der Waals surface area contributed by atoms with E-state index in [1.807, 2.05) is 60.7 Å². The first-order chi connectivity index (χ1) is 12.2. The number of nitrogens with one attached hydrogen (secondary N) is 1. The Hall–Kier alpha value is -2.16. The second kappa shape index (κ2) is 9.97. The molecule has 0 heterocycles.